The average molecular weight is 354 g/mol. The Labute approximate surface area is 145 Å². The molecule has 1 N–H and O–H groups in total. The molecule has 2 unspecified atom stereocenters. The van der Waals surface area contributed by atoms with Gasteiger partial charge in [-0.3, -0.25) is 4.79 Å². The summed E-state index contributed by atoms with van der Waals surface area (Å²) in [5.74, 6) is 0.767. The summed E-state index contributed by atoms with van der Waals surface area (Å²) in [7, 11) is 0. The fourth-order valence-electron chi connectivity index (χ4n) is 3.46. The number of aromatic nitrogens is 2. The SMILES string of the molecule is O=C(CN1CC2COCCN2c2nc(Cl)ncc21)NC1CCOC1. The van der Waals surface area contributed by atoms with Gasteiger partial charge in [0.25, 0.3) is 0 Å². The number of carbonyl (C=O) groups is 1. The van der Waals surface area contributed by atoms with Crippen molar-refractivity contribution in [1.82, 2.24) is 15.3 Å². The third kappa shape index (κ3) is 3.13. The Bertz CT molecular complexity index is 625. The maximum absolute atomic E-state index is 12.4. The Morgan fingerprint density at radius 2 is 2.25 bits per heavy atom. The quantitative estimate of drug-likeness (QED) is 0.770. The zero-order valence-electron chi connectivity index (χ0n) is 13.3. The van der Waals surface area contributed by atoms with Crippen molar-refractivity contribution in [2.24, 2.45) is 0 Å². The van der Waals surface area contributed by atoms with Crippen LogP contribution in [0.15, 0.2) is 6.20 Å². The molecule has 1 amide bonds. The number of hydrogen-bond donors (Lipinski definition) is 1. The highest BCUT2D eigenvalue weighted by Crippen LogP contribution is 2.34. The van der Waals surface area contributed by atoms with E-state index >= 15 is 0 Å². The number of nitrogens with zero attached hydrogens (tertiary/aromatic N) is 4. The van der Waals surface area contributed by atoms with Crippen molar-refractivity contribution >= 4 is 29.0 Å². The number of halogens is 1. The van der Waals surface area contributed by atoms with Crippen molar-refractivity contribution in [2.45, 2.75) is 18.5 Å². The minimum atomic E-state index is -0.0171. The van der Waals surface area contributed by atoms with Gasteiger partial charge in [0, 0.05) is 19.7 Å². The van der Waals surface area contributed by atoms with E-state index in [9.17, 15) is 4.79 Å². The maximum atomic E-state index is 12.4. The molecule has 3 aliphatic heterocycles. The molecule has 3 aliphatic rings. The second-order valence-corrected chi connectivity index (χ2v) is 6.62. The van der Waals surface area contributed by atoms with Crippen LogP contribution in [-0.2, 0) is 14.3 Å². The molecular weight excluding hydrogens is 334 g/mol. The lowest BCUT2D eigenvalue weighted by Crippen LogP contribution is -2.57. The molecule has 130 valence electrons. The zero-order chi connectivity index (χ0) is 16.5. The molecule has 2 fully saturated rings. The first-order valence-electron chi connectivity index (χ1n) is 8.19. The smallest absolute Gasteiger partial charge is 0.239 e. The molecular formula is C15H20ClN5O3. The summed E-state index contributed by atoms with van der Waals surface area (Å²) in [5, 5.41) is 3.24. The van der Waals surface area contributed by atoms with Crippen molar-refractivity contribution in [3.8, 4) is 0 Å². The van der Waals surface area contributed by atoms with E-state index in [2.05, 4.69) is 20.2 Å². The lowest BCUT2D eigenvalue weighted by Gasteiger charge is -2.45. The van der Waals surface area contributed by atoms with E-state index in [-0.39, 0.29) is 29.8 Å². The summed E-state index contributed by atoms with van der Waals surface area (Å²) in [6.07, 6.45) is 2.56. The molecule has 9 heteroatoms. The summed E-state index contributed by atoms with van der Waals surface area (Å²) in [6.45, 7) is 4.31. The molecule has 0 bridgehead atoms. The number of fused-ring (bicyclic) bond motifs is 3. The van der Waals surface area contributed by atoms with Crippen molar-refractivity contribution < 1.29 is 14.3 Å². The summed E-state index contributed by atoms with van der Waals surface area (Å²) in [5.41, 5.74) is 0.843. The molecule has 0 saturated carbocycles. The molecule has 1 aromatic rings. The van der Waals surface area contributed by atoms with E-state index < -0.39 is 0 Å². The van der Waals surface area contributed by atoms with Gasteiger partial charge >= 0.3 is 0 Å². The van der Waals surface area contributed by atoms with Crippen LogP contribution >= 0.6 is 11.6 Å². The first-order chi connectivity index (χ1) is 11.7. The minimum absolute atomic E-state index is 0.0171. The summed E-state index contributed by atoms with van der Waals surface area (Å²) in [4.78, 5) is 25.1. The largest absolute Gasteiger partial charge is 0.379 e. The van der Waals surface area contributed by atoms with Crippen molar-refractivity contribution in [2.75, 3.05) is 55.9 Å². The monoisotopic (exact) mass is 353 g/mol. The number of carbonyl (C=O) groups excluding carboxylic acids is 1. The number of hydrogen-bond acceptors (Lipinski definition) is 7. The van der Waals surface area contributed by atoms with Gasteiger partial charge < -0.3 is 24.6 Å². The molecule has 0 spiro atoms. The molecule has 4 heterocycles. The van der Waals surface area contributed by atoms with Crippen LogP contribution in [-0.4, -0.2) is 74.0 Å². The molecule has 0 aromatic carbocycles. The van der Waals surface area contributed by atoms with Crippen LogP contribution in [0, 0.1) is 0 Å². The minimum Gasteiger partial charge on any atom is -0.379 e. The summed E-state index contributed by atoms with van der Waals surface area (Å²) < 4.78 is 10.9. The fraction of sp³-hybridized carbons (Fsp3) is 0.667. The third-order valence-corrected chi connectivity index (χ3v) is 4.80. The van der Waals surface area contributed by atoms with Gasteiger partial charge in [-0.05, 0) is 18.0 Å². The topological polar surface area (TPSA) is 79.8 Å². The highest BCUT2D eigenvalue weighted by Gasteiger charge is 2.35. The highest BCUT2D eigenvalue weighted by atomic mass is 35.5. The van der Waals surface area contributed by atoms with E-state index in [0.29, 0.717) is 33.0 Å². The van der Waals surface area contributed by atoms with Gasteiger partial charge in [-0.25, -0.2) is 4.98 Å². The molecule has 1 aromatic heterocycles. The van der Waals surface area contributed by atoms with Crippen LogP contribution in [0.25, 0.3) is 0 Å². The standard InChI is InChI=1S/C15H20ClN5O3/c16-15-17-5-12-14(19-15)21-2-4-24-9-11(21)6-20(12)7-13(22)18-10-1-3-23-8-10/h5,10-11H,1-4,6-9H2,(H,18,22). The number of rotatable bonds is 3. The van der Waals surface area contributed by atoms with Crippen LogP contribution in [0.5, 0.6) is 0 Å². The van der Waals surface area contributed by atoms with Gasteiger partial charge in [0.1, 0.15) is 0 Å². The second-order valence-electron chi connectivity index (χ2n) is 6.28. The van der Waals surface area contributed by atoms with E-state index in [1.807, 2.05) is 4.90 Å². The normalized spacial score (nSPS) is 26.0. The first kappa shape index (κ1) is 15.9. The first-order valence-corrected chi connectivity index (χ1v) is 8.57. The predicted octanol–water partition coefficient (Wildman–Crippen LogP) is 0.0603. The Morgan fingerprint density at radius 3 is 3.08 bits per heavy atom. The van der Waals surface area contributed by atoms with Gasteiger partial charge in [-0.1, -0.05) is 0 Å². The van der Waals surface area contributed by atoms with Crippen LogP contribution in [0.4, 0.5) is 11.5 Å². The van der Waals surface area contributed by atoms with Crippen molar-refractivity contribution in [1.29, 1.82) is 0 Å². The maximum Gasteiger partial charge on any atom is 0.239 e. The number of nitrogens with one attached hydrogen (secondary N) is 1. The number of morpholine rings is 1. The average Bonchev–Trinajstić information content (AvgIpc) is 3.07. The van der Waals surface area contributed by atoms with Crippen molar-refractivity contribution in [3.63, 3.8) is 0 Å². The molecule has 2 saturated heterocycles. The van der Waals surface area contributed by atoms with Gasteiger partial charge in [0.2, 0.25) is 11.2 Å². The molecule has 0 radical (unpaired) electrons. The van der Waals surface area contributed by atoms with Gasteiger partial charge in [-0.2, -0.15) is 4.98 Å². The van der Waals surface area contributed by atoms with E-state index in [1.165, 1.54) is 0 Å². The molecule has 4 rings (SSSR count). The van der Waals surface area contributed by atoms with Crippen LogP contribution < -0.4 is 15.1 Å². The van der Waals surface area contributed by atoms with Crippen molar-refractivity contribution in [3.05, 3.63) is 11.5 Å². The number of amides is 1. The Morgan fingerprint density at radius 1 is 1.38 bits per heavy atom. The molecule has 2 atom stereocenters. The van der Waals surface area contributed by atoms with Gasteiger partial charge in [0.05, 0.1) is 50.3 Å². The van der Waals surface area contributed by atoms with E-state index in [0.717, 1.165) is 24.5 Å². The predicted molar refractivity (Wildman–Crippen MR) is 88.6 cm³/mol. The summed E-state index contributed by atoms with van der Waals surface area (Å²) in [6, 6.07) is 0.276. The second kappa shape index (κ2) is 6.70. The fourth-order valence-corrected chi connectivity index (χ4v) is 3.59. The molecule has 0 aliphatic carbocycles. The van der Waals surface area contributed by atoms with E-state index in [1.54, 1.807) is 6.20 Å². The summed E-state index contributed by atoms with van der Waals surface area (Å²) >= 11 is 5.98. The highest BCUT2D eigenvalue weighted by molar-refractivity contribution is 6.28. The van der Waals surface area contributed by atoms with E-state index in [4.69, 9.17) is 21.1 Å². The number of anilines is 2. The molecule has 8 nitrogen and oxygen atoms in total. The Balaban J connectivity index is 1.53. The lowest BCUT2D eigenvalue weighted by atomic mass is 10.1. The lowest BCUT2D eigenvalue weighted by molar-refractivity contribution is -0.120. The zero-order valence-corrected chi connectivity index (χ0v) is 14.0. The Kier molecular flexibility index (Phi) is 4.43. The van der Waals surface area contributed by atoms with Gasteiger partial charge in [0.15, 0.2) is 5.82 Å². The van der Waals surface area contributed by atoms with Crippen LogP contribution in [0.1, 0.15) is 6.42 Å². The van der Waals surface area contributed by atoms with Crippen LogP contribution in [0.2, 0.25) is 5.28 Å². The third-order valence-electron chi connectivity index (χ3n) is 4.62. The Hall–Kier alpha value is -1.64. The number of ether oxygens (including phenoxy) is 2. The van der Waals surface area contributed by atoms with Gasteiger partial charge in [-0.15, -0.1) is 0 Å². The molecule has 24 heavy (non-hydrogen) atoms. The van der Waals surface area contributed by atoms with Crippen LogP contribution in [0.3, 0.4) is 0 Å².